The van der Waals surface area contributed by atoms with Gasteiger partial charge >= 0.3 is 0 Å². The Labute approximate surface area is 209 Å². The van der Waals surface area contributed by atoms with Crippen molar-refractivity contribution < 1.29 is 19.5 Å². The van der Waals surface area contributed by atoms with Crippen molar-refractivity contribution in [2.24, 2.45) is 21.8 Å². The molecule has 0 atom stereocenters. The highest BCUT2D eigenvalue weighted by molar-refractivity contribution is 6.11. The van der Waals surface area contributed by atoms with Crippen LogP contribution >= 0.6 is 0 Å². The molecule has 0 bridgehead atoms. The molecular formula is C27H29N5O4. The van der Waals surface area contributed by atoms with Crippen LogP contribution in [-0.2, 0) is 4.79 Å². The molecule has 2 aromatic carbocycles. The minimum absolute atomic E-state index is 0.0131. The molecule has 4 N–H and O–H groups in total. The molecule has 36 heavy (non-hydrogen) atoms. The fourth-order valence-corrected chi connectivity index (χ4v) is 3.72. The lowest BCUT2D eigenvalue weighted by Gasteiger charge is -2.23. The van der Waals surface area contributed by atoms with Crippen LogP contribution in [0.3, 0.4) is 0 Å². The van der Waals surface area contributed by atoms with Gasteiger partial charge in [0.2, 0.25) is 5.91 Å². The average molecular weight is 488 g/mol. The van der Waals surface area contributed by atoms with E-state index in [2.05, 4.69) is 15.5 Å². The molecule has 0 spiro atoms. The molecule has 9 heteroatoms. The molecule has 9 nitrogen and oxygen atoms in total. The van der Waals surface area contributed by atoms with E-state index < -0.39 is 0 Å². The Morgan fingerprint density at radius 3 is 2.50 bits per heavy atom. The summed E-state index contributed by atoms with van der Waals surface area (Å²) in [5.74, 6) is 1.35. The van der Waals surface area contributed by atoms with Crippen molar-refractivity contribution in [1.29, 1.82) is 0 Å². The van der Waals surface area contributed by atoms with Crippen molar-refractivity contribution in [2.45, 2.75) is 26.7 Å². The number of nitrogens with one attached hydrogen (secondary N) is 1. The van der Waals surface area contributed by atoms with Crippen molar-refractivity contribution in [2.75, 3.05) is 18.0 Å². The highest BCUT2D eigenvalue weighted by Gasteiger charge is 2.27. The van der Waals surface area contributed by atoms with Crippen molar-refractivity contribution in [3.05, 3.63) is 77.4 Å². The quantitative estimate of drug-likeness (QED) is 0.235. The minimum atomic E-state index is -0.355. The van der Waals surface area contributed by atoms with Gasteiger partial charge in [-0.2, -0.15) is 0 Å². The summed E-state index contributed by atoms with van der Waals surface area (Å²) in [6, 6.07) is 11.7. The van der Waals surface area contributed by atoms with Gasteiger partial charge in [0.25, 0.3) is 5.91 Å². The van der Waals surface area contributed by atoms with Crippen LogP contribution < -0.4 is 20.7 Å². The van der Waals surface area contributed by atoms with Gasteiger partial charge in [0.15, 0.2) is 5.84 Å². The van der Waals surface area contributed by atoms with Crippen molar-refractivity contribution in [3.63, 3.8) is 0 Å². The summed E-state index contributed by atoms with van der Waals surface area (Å²) >= 11 is 0. The Bertz CT molecular complexity index is 1270. The number of nitrogens with two attached hydrogens (primary N) is 1. The monoisotopic (exact) mass is 487 g/mol. The third kappa shape index (κ3) is 6.18. The van der Waals surface area contributed by atoms with E-state index in [0.29, 0.717) is 53.2 Å². The largest absolute Gasteiger partial charge is 0.457 e. The van der Waals surface area contributed by atoms with Crippen LogP contribution in [0.25, 0.3) is 0 Å². The molecule has 4 rings (SSSR count). The highest BCUT2D eigenvalue weighted by Crippen LogP contribution is 2.34. The van der Waals surface area contributed by atoms with Crippen LogP contribution in [0.1, 0.15) is 42.6 Å². The number of amides is 2. The Morgan fingerprint density at radius 1 is 1.17 bits per heavy atom. The number of hydrogen-bond acceptors (Lipinski definition) is 6. The Kier molecular flexibility index (Phi) is 7.48. The molecule has 0 aromatic heterocycles. The molecule has 2 aromatic rings. The van der Waals surface area contributed by atoms with Gasteiger partial charge in [0.05, 0.1) is 6.54 Å². The summed E-state index contributed by atoms with van der Waals surface area (Å²) in [6.45, 7) is 4.55. The first kappa shape index (κ1) is 24.7. The maximum Gasteiger partial charge on any atom is 0.257 e. The molecule has 186 valence electrons. The lowest BCUT2D eigenvalue weighted by atomic mass is 10.1. The van der Waals surface area contributed by atoms with Crippen molar-refractivity contribution >= 4 is 29.2 Å². The number of hydrogen-bond donors (Lipinski definition) is 3. The minimum Gasteiger partial charge on any atom is -0.457 e. The topological polar surface area (TPSA) is 130 Å². The van der Waals surface area contributed by atoms with E-state index in [1.807, 2.05) is 19.1 Å². The molecule has 0 unspecified atom stereocenters. The number of ether oxygens (including phenoxy) is 1. The van der Waals surface area contributed by atoms with Gasteiger partial charge < -0.3 is 25.9 Å². The Morgan fingerprint density at radius 2 is 1.92 bits per heavy atom. The third-order valence-corrected chi connectivity index (χ3v) is 5.98. The maximum absolute atomic E-state index is 13.2. The number of allylic oxidation sites excluding steroid dienone is 1. The van der Waals surface area contributed by atoms with Gasteiger partial charge in [-0.1, -0.05) is 17.3 Å². The van der Waals surface area contributed by atoms with Gasteiger partial charge in [0.1, 0.15) is 17.3 Å². The van der Waals surface area contributed by atoms with Crippen LogP contribution in [0.5, 0.6) is 11.5 Å². The van der Waals surface area contributed by atoms with Gasteiger partial charge in [-0.05, 0) is 73.7 Å². The first-order valence-corrected chi connectivity index (χ1v) is 11.7. The van der Waals surface area contributed by atoms with Gasteiger partial charge in [0, 0.05) is 36.3 Å². The molecule has 1 fully saturated rings. The number of rotatable bonds is 7. The predicted molar refractivity (Wildman–Crippen MR) is 139 cm³/mol. The smallest absolute Gasteiger partial charge is 0.257 e. The number of carbonyl (C=O) groups excluding carboxylic acids is 2. The summed E-state index contributed by atoms with van der Waals surface area (Å²) in [7, 11) is 0. The molecule has 0 radical (unpaired) electrons. The fourth-order valence-electron chi connectivity index (χ4n) is 3.72. The van der Waals surface area contributed by atoms with E-state index in [-0.39, 0.29) is 17.6 Å². The molecule has 1 saturated carbocycles. The number of amidine groups is 2. The zero-order valence-corrected chi connectivity index (χ0v) is 20.3. The van der Waals surface area contributed by atoms with E-state index in [9.17, 15) is 9.59 Å². The number of aliphatic imine (C=N–C) groups is 1. The number of benzene rings is 2. The van der Waals surface area contributed by atoms with E-state index in [0.717, 1.165) is 18.4 Å². The SMILES string of the molecule is C/C=C1\C=CC(NC(=O)c2cc(Oc3ccc(/C(N)=N/O)cc3)cc(N(CC3CC3)C(C)=O)c2)=NC1. The van der Waals surface area contributed by atoms with Gasteiger partial charge in [-0.3, -0.25) is 14.6 Å². The number of oxime groups is 1. The number of nitrogens with zero attached hydrogens (tertiary/aromatic N) is 3. The van der Waals surface area contributed by atoms with Crippen LogP contribution in [0.15, 0.2) is 76.4 Å². The first-order valence-electron chi connectivity index (χ1n) is 11.7. The Hall–Kier alpha value is -4.40. The van der Waals surface area contributed by atoms with E-state index in [1.54, 1.807) is 53.4 Å². The van der Waals surface area contributed by atoms with Crippen LogP contribution in [0.4, 0.5) is 5.69 Å². The summed E-state index contributed by atoms with van der Waals surface area (Å²) in [5.41, 5.74) is 8.16. The first-order chi connectivity index (χ1) is 17.4. The fraction of sp³-hybridized carbons (Fsp3) is 0.259. The van der Waals surface area contributed by atoms with Crippen molar-refractivity contribution in [1.82, 2.24) is 5.32 Å². The summed E-state index contributed by atoms with van der Waals surface area (Å²) in [4.78, 5) is 31.7. The van der Waals surface area contributed by atoms with Gasteiger partial charge in [-0.15, -0.1) is 0 Å². The van der Waals surface area contributed by atoms with E-state index in [4.69, 9.17) is 15.7 Å². The average Bonchev–Trinajstić information content (AvgIpc) is 3.71. The molecule has 1 aliphatic heterocycles. The lowest BCUT2D eigenvalue weighted by Crippen LogP contribution is -2.32. The van der Waals surface area contributed by atoms with E-state index >= 15 is 0 Å². The van der Waals surface area contributed by atoms with Crippen LogP contribution in [-0.4, -0.2) is 41.8 Å². The zero-order valence-electron chi connectivity index (χ0n) is 20.3. The van der Waals surface area contributed by atoms with Crippen molar-refractivity contribution in [3.8, 4) is 11.5 Å². The molecular weight excluding hydrogens is 458 g/mol. The third-order valence-electron chi connectivity index (χ3n) is 5.98. The molecule has 2 aliphatic rings. The maximum atomic E-state index is 13.2. The predicted octanol–water partition coefficient (Wildman–Crippen LogP) is 3.98. The van der Waals surface area contributed by atoms with Gasteiger partial charge in [-0.25, -0.2) is 0 Å². The number of carbonyl (C=O) groups is 2. The second-order valence-corrected chi connectivity index (χ2v) is 8.75. The second kappa shape index (κ2) is 10.9. The molecule has 0 saturated heterocycles. The normalized spacial score (nSPS) is 16.4. The molecule has 1 heterocycles. The summed E-state index contributed by atoms with van der Waals surface area (Å²) in [6.07, 6.45) is 7.81. The number of anilines is 1. The highest BCUT2D eigenvalue weighted by atomic mass is 16.5. The summed E-state index contributed by atoms with van der Waals surface area (Å²) < 4.78 is 6.03. The molecule has 1 aliphatic carbocycles. The van der Waals surface area contributed by atoms with E-state index in [1.165, 1.54) is 6.92 Å². The van der Waals surface area contributed by atoms with Crippen LogP contribution in [0.2, 0.25) is 0 Å². The lowest BCUT2D eigenvalue weighted by molar-refractivity contribution is -0.116. The molecule has 2 amide bonds. The number of dihydropyridines is 1. The standard InChI is InChI=1S/C27H29N5O4/c1-3-18-6-11-25(29-15-18)30-27(34)21-12-22(32(17(2)33)16-19-4-5-19)14-24(13-21)36-23-9-7-20(8-10-23)26(28)31-35/h3,6-14,19,35H,4-5,15-16H2,1-2H3,(H2,28,31)(H,29,30,34)/b18-3+. The van der Waals surface area contributed by atoms with Crippen LogP contribution in [0, 0.1) is 5.92 Å². The Balaban J connectivity index is 1.63. The zero-order chi connectivity index (χ0) is 25.7. The summed E-state index contributed by atoms with van der Waals surface area (Å²) in [5, 5.41) is 14.7. The second-order valence-electron chi connectivity index (χ2n) is 8.75.